The predicted octanol–water partition coefficient (Wildman–Crippen LogP) is 4.61. The predicted molar refractivity (Wildman–Crippen MR) is 84.4 cm³/mol. The van der Waals surface area contributed by atoms with Crippen LogP contribution in [0.1, 0.15) is 17.3 Å². The highest BCUT2D eigenvalue weighted by Crippen LogP contribution is 2.27. The van der Waals surface area contributed by atoms with Gasteiger partial charge in [0.15, 0.2) is 0 Å². The Labute approximate surface area is 131 Å². The number of nitrogens with zero attached hydrogens (tertiary/aromatic N) is 1. The van der Waals surface area contributed by atoms with Crippen LogP contribution in [-0.2, 0) is 6.42 Å². The summed E-state index contributed by atoms with van der Waals surface area (Å²) in [5.41, 5.74) is 8.29. The normalized spacial score (nSPS) is 12.4. The number of benzene rings is 1. The monoisotopic (exact) mass is 432 g/mol. The van der Waals surface area contributed by atoms with E-state index in [1.165, 1.54) is 0 Å². The summed E-state index contributed by atoms with van der Waals surface area (Å²) in [4.78, 5) is 4.34. The number of hydrogen-bond donors (Lipinski definition) is 1. The van der Waals surface area contributed by atoms with E-state index in [0.717, 1.165) is 24.7 Å². The molecule has 0 saturated carbocycles. The largest absolute Gasteiger partial charge is 0.324 e. The molecule has 2 rings (SSSR count). The fraction of sp³-hybridized carbons (Fsp3) is 0.154. The van der Waals surface area contributed by atoms with Crippen molar-refractivity contribution in [3.8, 4) is 0 Å². The average molecular weight is 435 g/mol. The van der Waals surface area contributed by atoms with Gasteiger partial charge in [0.2, 0.25) is 0 Å². The van der Waals surface area contributed by atoms with Crippen molar-refractivity contribution in [1.82, 2.24) is 4.98 Å². The molecule has 2 aromatic rings. The molecule has 2 N–H and O–H groups in total. The van der Waals surface area contributed by atoms with Crippen LogP contribution >= 0.6 is 47.8 Å². The zero-order chi connectivity index (χ0) is 13.1. The maximum atomic E-state index is 6.23. The average Bonchev–Trinajstić information content (AvgIpc) is 2.35. The summed E-state index contributed by atoms with van der Waals surface area (Å²) in [5, 5.41) is 0. The van der Waals surface area contributed by atoms with Crippen LogP contribution in [0, 0.1) is 0 Å². The minimum Gasteiger partial charge on any atom is -0.324 e. The second-order valence-corrected chi connectivity index (χ2v) is 6.63. The highest BCUT2D eigenvalue weighted by molar-refractivity contribution is 9.11. The van der Waals surface area contributed by atoms with E-state index in [1.54, 1.807) is 6.20 Å². The van der Waals surface area contributed by atoms with Crippen LogP contribution in [0.15, 0.2) is 49.9 Å². The van der Waals surface area contributed by atoms with Crippen LogP contribution in [-0.4, -0.2) is 4.98 Å². The van der Waals surface area contributed by atoms with Crippen LogP contribution < -0.4 is 5.73 Å². The number of halogens is 3. The van der Waals surface area contributed by atoms with E-state index >= 15 is 0 Å². The molecule has 94 valence electrons. The molecule has 0 radical (unpaired) electrons. The van der Waals surface area contributed by atoms with Gasteiger partial charge in [0.05, 0.1) is 0 Å². The molecule has 2 nitrogen and oxygen atoms in total. The first-order valence-corrected chi connectivity index (χ1v) is 7.75. The Morgan fingerprint density at radius 2 is 1.78 bits per heavy atom. The minimum absolute atomic E-state index is 0.0782. The molecular weight excluding hydrogens is 424 g/mol. The Morgan fingerprint density at radius 3 is 2.44 bits per heavy atom. The highest BCUT2D eigenvalue weighted by atomic mass is 79.9. The summed E-state index contributed by atoms with van der Waals surface area (Å²) >= 11 is 10.4. The first-order valence-electron chi connectivity index (χ1n) is 5.37. The Balaban J connectivity index is 2.18. The summed E-state index contributed by atoms with van der Waals surface area (Å²) < 4.78 is 3.03. The van der Waals surface area contributed by atoms with Gasteiger partial charge in [-0.2, -0.15) is 0 Å². The number of aromatic nitrogens is 1. The van der Waals surface area contributed by atoms with Crippen molar-refractivity contribution >= 4 is 47.8 Å². The van der Waals surface area contributed by atoms with Crippen molar-refractivity contribution in [1.29, 1.82) is 0 Å². The van der Waals surface area contributed by atoms with E-state index < -0.39 is 0 Å². The van der Waals surface area contributed by atoms with Crippen LogP contribution in [0.2, 0.25) is 0 Å². The van der Waals surface area contributed by atoms with Crippen LogP contribution in [0.3, 0.4) is 0 Å². The maximum absolute atomic E-state index is 6.23. The van der Waals surface area contributed by atoms with E-state index in [1.807, 2.05) is 30.3 Å². The van der Waals surface area contributed by atoms with Gasteiger partial charge in [0, 0.05) is 37.8 Å². The lowest BCUT2D eigenvalue weighted by Crippen LogP contribution is -2.14. The fourth-order valence-electron chi connectivity index (χ4n) is 1.66. The molecule has 0 aliphatic rings. The third kappa shape index (κ3) is 3.63. The molecule has 0 bridgehead atoms. The van der Waals surface area contributed by atoms with Gasteiger partial charge in [0.1, 0.15) is 0 Å². The lowest BCUT2D eigenvalue weighted by molar-refractivity contribution is 0.703. The van der Waals surface area contributed by atoms with Gasteiger partial charge in [0.25, 0.3) is 0 Å². The molecule has 0 spiro atoms. The molecule has 0 saturated heterocycles. The molecule has 0 fully saturated rings. The Kier molecular flexibility index (Phi) is 4.95. The quantitative estimate of drug-likeness (QED) is 0.766. The molecule has 1 aromatic carbocycles. The highest BCUT2D eigenvalue weighted by Gasteiger charge is 2.12. The number of rotatable bonds is 3. The molecule has 5 heteroatoms. The maximum Gasteiger partial charge on any atom is 0.0423 e. The zero-order valence-electron chi connectivity index (χ0n) is 9.41. The van der Waals surface area contributed by atoms with Gasteiger partial charge < -0.3 is 5.73 Å². The summed E-state index contributed by atoms with van der Waals surface area (Å²) in [5.74, 6) is 0. The topological polar surface area (TPSA) is 38.9 Å². The first-order chi connectivity index (χ1) is 8.56. The van der Waals surface area contributed by atoms with E-state index in [4.69, 9.17) is 5.73 Å². The lowest BCUT2D eigenvalue weighted by atomic mass is 10.0. The van der Waals surface area contributed by atoms with Crippen molar-refractivity contribution in [3.05, 3.63) is 61.2 Å². The molecule has 0 aliphatic carbocycles. The molecule has 1 unspecified atom stereocenters. The minimum atomic E-state index is -0.0782. The van der Waals surface area contributed by atoms with Crippen molar-refractivity contribution in [2.75, 3.05) is 0 Å². The second-order valence-electron chi connectivity index (χ2n) is 3.94. The van der Waals surface area contributed by atoms with E-state index in [-0.39, 0.29) is 6.04 Å². The standard InChI is InChI=1S/C13H11Br3N2/c14-8-2-4-12(16)11(5-8)13(17)6-10-3-1-9(15)7-18-10/h1-5,7,13H,6,17H2. The molecule has 1 atom stereocenters. The molecular formula is C13H11Br3N2. The lowest BCUT2D eigenvalue weighted by Gasteiger charge is -2.14. The van der Waals surface area contributed by atoms with Gasteiger partial charge in [-0.1, -0.05) is 31.9 Å². The van der Waals surface area contributed by atoms with Crippen molar-refractivity contribution in [2.45, 2.75) is 12.5 Å². The zero-order valence-corrected chi connectivity index (χ0v) is 14.2. The number of pyridine rings is 1. The van der Waals surface area contributed by atoms with Crippen LogP contribution in [0.5, 0.6) is 0 Å². The van der Waals surface area contributed by atoms with Crippen molar-refractivity contribution in [3.63, 3.8) is 0 Å². The van der Waals surface area contributed by atoms with E-state index in [2.05, 4.69) is 52.8 Å². The third-order valence-electron chi connectivity index (χ3n) is 2.58. The first kappa shape index (κ1) is 14.2. The summed E-state index contributed by atoms with van der Waals surface area (Å²) in [6.45, 7) is 0. The van der Waals surface area contributed by atoms with Crippen molar-refractivity contribution in [2.24, 2.45) is 5.73 Å². The van der Waals surface area contributed by atoms with E-state index in [0.29, 0.717) is 6.42 Å². The summed E-state index contributed by atoms with van der Waals surface area (Å²) in [6, 6.07) is 9.89. The SMILES string of the molecule is NC(Cc1ccc(Br)cn1)c1cc(Br)ccc1Br. The molecule has 0 aliphatic heterocycles. The summed E-state index contributed by atoms with van der Waals surface area (Å²) in [7, 11) is 0. The van der Waals surface area contributed by atoms with Gasteiger partial charge >= 0.3 is 0 Å². The number of nitrogens with two attached hydrogens (primary N) is 1. The van der Waals surface area contributed by atoms with Gasteiger partial charge in [-0.25, -0.2) is 0 Å². The van der Waals surface area contributed by atoms with Gasteiger partial charge in [-0.3, -0.25) is 4.98 Å². The Bertz CT molecular complexity index is 540. The third-order valence-corrected chi connectivity index (χ3v) is 4.26. The Hall–Kier alpha value is -0.230. The molecule has 1 heterocycles. The molecule has 0 amide bonds. The van der Waals surface area contributed by atoms with Crippen LogP contribution in [0.25, 0.3) is 0 Å². The second kappa shape index (κ2) is 6.28. The summed E-state index contributed by atoms with van der Waals surface area (Å²) in [6.07, 6.45) is 2.50. The van der Waals surface area contributed by atoms with Gasteiger partial charge in [-0.05, 0) is 51.8 Å². The fourth-order valence-corrected chi connectivity index (χ4v) is 2.82. The van der Waals surface area contributed by atoms with Crippen molar-refractivity contribution < 1.29 is 0 Å². The van der Waals surface area contributed by atoms with Crippen LogP contribution in [0.4, 0.5) is 0 Å². The molecule has 1 aromatic heterocycles. The van der Waals surface area contributed by atoms with E-state index in [9.17, 15) is 0 Å². The van der Waals surface area contributed by atoms with Gasteiger partial charge in [-0.15, -0.1) is 0 Å². The Morgan fingerprint density at radius 1 is 1.06 bits per heavy atom. The number of hydrogen-bond acceptors (Lipinski definition) is 2. The smallest absolute Gasteiger partial charge is 0.0423 e. The molecule has 18 heavy (non-hydrogen) atoms.